The van der Waals surface area contributed by atoms with Crippen LogP contribution in [0, 0.1) is 24.0 Å². The van der Waals surface area contributed by atoms with Gasteiger partial charge in [0.25, 0.3) is 5.91 Å². The zero-order valence-corrected chi connectivity index (χ0v) is 15.0. The molecule has 0 saturated carbocycles. The number of hydrogen-bond donors (Lipinski definition) is 1. The minimum Gasteiger partial charge on any atom is -0.315 e. The predicted octanol–water partition coefficient (Wildman–Crippen LogP) is 4.81. The van der Waals surface area contributed by atoms with Gasteiger partial charge in [-0.15, -0.1) is 17.8 Å². The summed E-state index contributed by atoms with van der Waals surface area (Å²) in [6.07, 6.45) is 8.05. The first kappa shape index (κ1) is 17.4. The van der Waals surface area contributed by atoms with Gasteiger partial charge in [0.05, 0.1) is 10.6 Å². The number of carbonyl (C=O) groups is 1. The van der Waals surface area contributed by atoms with Crippen molar-refractivity contribution in [2.45, 2.75) is 19.3 Å². The van der Waals surface area contributed by atoms with Crippen molar-refractivity contribution in [3.8, 4) is 22.8 Å². The molecular weight excluding hydrogens is 366 g/mol. The second kappa shape index (κ2) is 6.93. The molecule has 1 aromatic heterocycles. The number of aromatic nitrogens is 1. The third-order valence-electron chi connectivity index (χ3n) is 4.47. The number of terminal acetylenes is 1. The molecular formula is C21H14F2N2OS. The van der Waals surface area contributed by atoms with Gasteiger partial charge in [0.1, 0.15) is 17.3 Å². The van der Waals surface area contributed by atoms with E-state index in [1.165, 1.54) is 17.4 Å². The summed E-state index contributed by atoms with van der Waals surface area (Å²) in [4.78, 5) is 17.8. The first-order valence-corrected chi connectivity index (χ1v) is 9.23. The van der Waals surface area contributed by atoms with Gasteiger partial charge >= 0.3 is 0 Å². The molecule has 0 saturated heterocycles. The smallest absolute Gasteiger partial charge is 0.284 e. The molecule has 6 heteroatoms. The highest BCUT2D eigenvalue weighted by atomic mass is 32.1. The largest absolute Gasteiger partial charge is 0.315 e. The van der Waals surface area contributed by atoms with Crippen molar-refractivity contribution in [1.29, 1.82) is 0 Å². The number of nitrogens with zero attached hydrogens (tertiary/aromatic N) is 1. The first-order chi connectivity index (χ1) is 13.1. The highest BCUT2D eigenvalue weighted by Crippen LogP contribution is 2.37. The van der Waals surface area contributed by atoms with Gasteiger partial charge in [0, 0.05) is 5.56 Å². The van der Waals surface area contributed by atoms with Crippen LogP contribution in [-0.4, -0.2) is 10.9 Å². The summed E-state index contributed by atoms with van der Waals surface area (Å²) in [6, 6.07) is 9.26. The van der Waals surface area contributed by atoms with Crippen molar-refractivity contribution in [3.63, 3.8) is 0 Å². The minimum atomic E-state index is -0.828. The molecule has 3 aromatic rings. The van der Waals surface area contributed by atoms with Gasteiger partial charge in [-0.3, -0.25) is 4.79 Å². The molecule has 0 unspecified atom stereocenters. The Balaban J connectivity index is 1.72. The topological polar surface area (TPSA) is 42.0 Å². The first-order valence-electron chi connectivity index (χ1n) is 8.42. The molecule has 1 heterocycles. The number of amides is 1. The summed E-state index contributed by atoms with van der Waals surface area (Å²) in [7, 11) is 0. The van der Waals surface area contributed by atoms with Crippen LogP contribution in [0.5, 0.6) is 0 Å². The van der Waals surface area contributed by atoms with E-state index in [9.17, 15) is 13.6 Å². The standard InChI is InChI=1S/C21H14F2N2OS/c1-2-12-9-10-13-5-3-8-17-19(14(13)11-12)27-21(24-17)20(26)25-18-15(22)6-4-7-16(18)23/h1,4,6-7,9-11H,3,5,8H2,(H,25,26). The van der Waals surface area contributed by atoms with E-state index >= 15 is 0 Å². The van der Waals surface area contributed by atoms with Crippen LogP contribution in [0.2, 0.25) is 0 Å². The van der Waals surface area contributed by atoms with Crippen LogP contribution in [0.3, 0.4) is 0 Å². The minimum absolute atomic E-state index is 0.168. The summed E-state index contributed by atoms with van der Waals surface area (Å²) in [5.41, 5.74) is 3.24. The number of carbonyl (C=O) groups excluding carboxylic acids is 1. The summed E-state index contributed by atoms with van der Waals surface area (Å²) in [5.74, 6) is 0.335. The highest BCUT2D eigenvalue weighted by molar-refractivity contribution is 7.17. The highest BCUT2D eigenvalue weighted by Gasteiger charge is 2.23. The summed E-state index contributed by atoms with van der Waals surface area (Å²) in [5, 5.41) is 2.46. The normalized spacial score (nSPS) is 12.5. The van der Waals surface area contributed by atoms with E-state index in [0.717, 1.165) is 58.7 Å². The average Bonchev–Trinajstić information content (AvgIpc) is 3.02. The van der Waals surface area contributed by atoms with Crippen LogP contribution < -0.4 is 5.32 Å². The Labute approximate surface area is 159 Å². The van der Waals surface area contributed by atoms with Crippen LogP contribution in [0.4, 0.5) is 14.5 Å². The third-order valence-corrected chi connectivity index (χ3v) is 5.60. The summed E-state index contributed by atoms with van der Waals surface area (Å²) >= 11 is 1.21. The van der Waals surface area contributed by atoms with E-state index in [4.69, 9.17) is 6.42 Å². The lowest BCUT2D eigenvalue weighted by atomic mass is 10.0. The number of thiazole rings is 1. The zero-order chi connectivity index (χ0) is 19.0. The number of halogens is 2. The van der Waals surface area contributed by atoms with Crippen LogP contribution in [0.1, 0.15) is 33.0 Å². The molecule has 3 nitrogen and oxygen atoms in total. The molecule has 0 radical (unpaired) electrons. The Kier molecular flexibility index (Phi) is 4.46. The van der Waals surface area contributed by atoms with E-state index in [-0.39, 0.29) is 5.01 Å². The molecule has 0 atom stereocenters. The fourth-order valence-corrected chi connectivity index (χ4v) is 4.21. The SMILES string of the molecule is C#Cc1ccc2c(c1)-c1sc(C(=O)Nc3c(F)cccc3F)nc1CCC2. The molecule has 0 aliphatic heterocycles. The van der Waals surface area contributed by atoms with Gasteiger partial charge in [-0.25, -0.2) is 13.8 Å². The monoisotopic (exact) mass is 380 g/mol. The Morgan fingerprint density at radius 1 is 1.19 bits per heavy atom. The molecule has 0 bridgehead atoms. The van der Waals surface area contributed by atoms with Crippen LogP contribution in [0.25, 0.3) is 10.4 Å². The van der Waals surface area contributed by atoms with Crippen LogP contribution >= 0.6 is 11.3 Å². The summed E-state index contributed by atoms with van der Waals surface area (Å²) in [6.45, 7) is 0. The molecule has 1 N–H and O–H groups in total. The van der Waals surface area contributed by atoms with Gasteiger partial charge in [-0.1, -0.05) is 18.1 Å². The number of fused-ring (bicyclic) bond motifs is 3. The van der Waals surface area contributed by atoms with Crippen LogP contribution in [0.15, 0.2) is 36.4 Å². The fraction of sp³-hybridized carbons (Fsp3) is 0.143. The van der Waals surface area contributed by atoms with Crippen molar-refractivity contribution in [2.24, 2.45) is 0 Å². The van der Waals surface area contributed by atoms with E-state index < -0.39 is 23.2 Å². The Hall–Kier alpha value is -3.04. The van der Waals surface area contributed by atoms with Crippen molar-refractivity contribution < 1.29 is 13.6 Å². The van der Waals surface area contributed by atoms with Crippen molar-refractivity contribution in [2.75, 3.05) is 5.32 Å². The lowest BCUT2D eigenvalue weighted by molar-refractivity contribution is 0.102. The number of nitrogens with one attached hydrogen (secondary N) is 1. The number of para-hydroxylation sites is 1. The van der Waals surface area contributed by atoms with Gasteiger partial charge in [0.15, 0.2) is 5.01 Å². The van der Waals surface area contributed by atoms with E-state index in [1.807, 2.05) is 18.2 Å². The van der Waals surface area contributed by atoms with Crippen LogP contribution in [-0.2, 0) is 12.8 Å². The molecule has 1 aliphatic carbocycles. The maximum atomic E-state index is 13.8. The molecule has 2 aromatic carbocycles. The molecule has 1 aliphatic rings. The Morgan fingerprint density at radius 2 is 1.96 bits per heavy atom. The predicted molar refractivity (Wildman–Crippen MR) is 102 cm³/mol. The van der Waals surface area contributed by atoms with E-state index in [1.54, 1.807) is 0 Å². The quantitative estimate of drug-likeness (QED) is 0.648. The maximum Gasteiger partial charge on any atom is 0.284 e. The molecule has 27 heavy (non-hydrogen) atoms. The molecule has 0 spiro atoms. The average molecular weight is 380 g/mol. The second-order valence-corrected chi connectivity index (χ2v) is 7.21. The molecule has 1 amide bonds. The van der Waals surface area contributed by atoms with Gasteiger partial charge in [0.2, 0.25) is 0 Å². The number of hydrogen-bond acceptors (Lipinski definition) is 3. The third kappa shape index (κ3) is 3.22. The zero-order valence-electron chi connectivity index (χ0n) is 14.2. The van der Waals surface area contributed by atoms with Gasteiger partial charge < -0.3 is 5.32 Å². The van der Waals surface area contributed by atoms with Crippen molar-refractivity contribution >= 4 is 22.9 Å². The lowest BCUT2D eigenvalue weighted by Crippen LogP contribution is -2.14. The second-order valence-electron chi connectivity index (χ2n) is 6.22. The van der Waals surface area contributed by atoms with Gasteiger partial charge in [-0.05, 0) is 54.7 Å². The molecule has 134 valence electrons. The number of benzene rings is 2. The molecule has 0 fully saturated rings. The molecule has 4 rings (SSSR count). The number of rotatable bonds is 2. The van der Waals surface area contributed by atoms with Crippen molar-refractivity contribution in [1.82, 2.24) is 4.98 Å². The lowest BCUT2D eigenvalue weighted by Gasteiger charge is -2.06. The van der Waals surface area contributed by atoms with Gasteiger partial charge in [-0.2, -0.15) is 0 Å². The van der Waals surface area contributed by atoms with E-state index in [2.05, 4.69) is 16.2 Å². The fourth-order valence-electron chi connectivity index (χ4n) is 3.15. The van der Waals surface area contributed by atoms with E-state index in [0.29, 0.717) is 0 Å². The van der Waals surface area contributed by atoms with Crippen molar-refractivity contribution in [3.05, 3.63) is 69.9 Å². The number of anilines is 1. The maximum absolute atomic E-state index is 13.8. The Bertz CT molecular complexity index is 1080. The summed E-state index contributed by atoms with van der Waals surface area (Å²) < 4.78 is 27.6. The number of aryl methyl sites for hydroxylation is 2. The Morgan fingerprint density at radius 3 is 2.70 bits per heavy atom.